The lowest BCUT2D eigenvalue weighted by Crippen LogP contribution is -2.28. The first-order valence-electron chi connectivity index (χ1n) is 3.89. The van der Waals surface area contributed by atoms with Crippen LogP contribution in [-0.2, 0) is 0 Å². The van der Waals surface area contributed by atoms with Crippen LogP contribution in [0.2, 0.25) is 0 Å². The van der Waals surface area contributed by atoms with Crippen LogP contribution in [0.4, 0.5) is 0 Å². The zero-order valence-electron chi connectivity index (χ0n) is 7.04. The molecule has 0 spiro atoms. The van der Waals surface area contributed by atoms with Crippen LogP contribution in [0.5, 0.6) is 0 Å². The van der Waals surface area contributed by atoms with Crippen molar-refractivity contribution in [3.05, 3.63) is 6.42 Å². The number of hydrogen-bond acceptors (Lipinski definition) is 2. The van der Waals surface area contributed by atoms with Crippen molar-refractivity contribution < 1.29 is 10.2 Å². The Morgan fingerprint density at radius 1 is 1.45 bits per heavy atom. The first-order chi connectivity index (χ1) is 5.13. The van der Waals surface area contributed by atoms with Gasteiger partial charge in [-0.05, 0) is 19.8 Å². The lowest BCUT2D eigenvalue weighted by atomic mass is 9.92. The molecule has 0 saturated carbocycles. The molecule has 3 unspecified atom stereocenters. The van der Waals surface area contributed by atoms with E-state index in [1.165, 1.54) is 0 Å². The molecule has 1 radical (unpaired) electrons. The van der Waals surface area contributed by atoms with Gasteiger partial charge in [0.1, 0.15) is 0 Å². The van der Waals surface area contributed by atoms with E-state index in [1.807, 2.05) is 6.92 Å². The zero-order chi connectivity index (χ0) is 8.85. The van der Waals surface area contributed by atoms with Crippen molar-refractivity contribution in [2.24, 2.45) is 5.92 Å². The molecule has 0 fully saturated rings. The van der Waals surface area contributed by atoms with Gasteiger partial charge in [-0.2, -0.15) is 0 Å². The van der Waals surface area contributed by atoms with Crippen LogP contribution in [0.1, 0.15) is 26.7 Å². The maximum atomic E-state index is 9.34. The van der Waals surface area contributed by atoms with E-state index in [0.717, 1.165) is 6.42 Å². The first kappa shape index (κ1) is 10.5. The SMILES string of the molecule is [C]#CCC(O)C(CC)C(C)O. The Morgan fingerprint density at radius 3 is 2.27 bits per heavy atom. The van der Waals surface area contributed by atoms with Gasteiger partial charge in [-0.3, -0.25) is 0 Å². The smallest absolute Gasteiger partial charge is 0.0702 e. The largest absolute Gasteiger partial charge is 0.393 e. The fourth-order valence-electron chi connectivity index (χ4n) is 1.19. The summed E-state index contributed by atoms with van der Waals surface area (Å²) in [5.74, 6) is 1.99. The highest BCUT2D eigenvalue weighted by molar-refractivity contribution is 4.84. The van der Waals surface area contributed by atoms with Crippen LogP contribution in [0.25, 0.3) is 0 Å². The Kier molecular flexibility index (Phi) is 4.93. The van der Waals surface area contributed by atoms with Gasteiger partial charge in [-0.15, -0.1) is 0 Å². The fourth-order valence-corrected chi connectivity index (χ4v) is 1.19. The summed E-state index contributed by atoms with van der Waals surface area (Å²) in [6.07, 6.45) is 6.45. The number of rotatable bonds is 4. The number of aliphatic hydroxyl groups excluding tert-OH is 2. The normalized spacial score (nSPS) is 18.5. The molecule has 0 aromatic carbocycles. The van der Waals surface area contributed by atoms with Crippen molar-refractivity contribution in [2.45, 2.75) is 38.9 Å². The van der Waals surface area contributed by atoms with Crippen LogP contribution in [-0.4, -0.2) is 22.4 Å². The maximum Gasteiger partial charge on any atom is 0.0702 e. The molecule has 0 aliphatic heterocycles. The highest BCUT2D eigenvalue weighted by Crippen LogP contribution is 2.15. The minimum atomic E-state index is -0.627. The summed E-state index contributed by atoms with van der Waals surface area (Å²) >= 11 is 0. The second-order valence-electron chi connectivity index (χ2n) is 2.76. The molecule has 0 aliphatic carbocycles. The molecule has 2 N–H and O–H groups in total. The lowest BCUT2D eigenvalue weighted by Gasteiger charge is -2.22. The van der Waals surface area contributed by atoms with E-state index in [9.17, 15) is 5.11 Å². The Balaban J connectivity index is 3.93. The molecule has 2 heteroatoms. The molecule has 0 rings (SSSR count). The van der Waals surface area contributed by atoms with Gasteiger partial charge >= 0.3 is 0 Å². The van der Waals surface area contributed by atoms with Gasteiger partial charge in [-0.1, -0.05) is 12.8 Å². The van der Waals surface area contributed by atoms with E-state index in [0.29, 0.717) is 0 Å². The summed E-state index contributed by atoms with van der Waals surface area (Å²) in [7, 11) is 0. The highest BCUT2D eigenvalue weighted by Gasteiger charge is 2.20. The van der Waals surface area contributed by atoms with Crippen molar-refractivity contribution in [3.63, 3.8) is 0 Å². The van der Waals surface area contributed by atoms with Gasteiger partial charge < -0.3 is 10.2 Å². The molecule has 3 atom stereocenters. The topological polar surface area (TPSA) is 40.5 Å². The quantitative estimate of drug-likeness (QED) is 0.588. The molecule has 0 aromatic heterocycles. The Bertz CT molecular complexity index is 135. The summed E-state index contributed by atoms with van der Waals surface area (Å²) in [6.45, 7) is 3.56. The standard InChI is InChI=1S/C9H15O2/c1-4-6-9(11)8(5-2)7(3)10/h7-11H,5-6H2,2-3H3. The molecular formula is C9H15O2. The molecule has 0 bridgehead atoms. The third-order valence-corrected chi connectivity index (χ3v) is 1.90. The predicted octanol–water partition coefficient (Wildman–Crippen LogP) is 0.734. The molecule has 11 heavy (non-hydrogen) atoms. The summed E-state index contributed by atoms with van der Waals surface area (Å²) in [5.41, 5.74) is 0. The van der Waals surface area contributed by atoms with E-state index in [-0.39, 0.29) is 12.3 Å². The summed E-state index contributed by atoms with van der Waals surface area (Å²) in [6, 6.07) is 0. The summed E-state index contributed by atoms with van der Waals surface area (Å²) in [5, 5.41) is 18.5. The van der Waals surface area contributed by atoms with Gasteiger partial charge in [0.2, 0.25) is 0 Å². The average Bonchev–Trinajstić information content (AvgIpc) is 1.88. The van der Waals surface area contributed by atoms with E-state index in [1.54, 1.807) is 6.92 Å². The van der Waals surface area contributed by atoms with Crippen molar-refractivity contribution in [1.82, 2.24) is 0 Å². The Hall–Kier alpha value is -0.520. The molecule has 0 aliphatic rings. The maximum absolute atomic E-state index is 9.34. The second-order valence-corrected chi connectivity index (χ2v) is 2.76. The van der Waals surface area contributed by atoms with Gasteiger partial charge in [0.05, 0.1) is 12.2 Å². The molecule has 0 heterocycles. The number of aliphatic hydroxyl groups is 2. The Morgan fingerprint density at radius 2 is 2.00 bits per heavy atom. The van der Waals surface area contributed by atoms with Crippen LogP contribution < -0.4 is 0 Å². The zero-order valence-corrected chi connectivity index (χ0v) is 7.04. The van der Waals surface area contributed by atoms with Crippen LogP contribution in [0.3, 0.4) is 0 Å². The lowest BCUT2D eigenvalue weighted by molar-refractivity contribution is 0.0227. The molecule has 0 aromatic rings. The second kappa shape index (κ2) is 5.17. The van der Waals surface area contributed by atoms with Crippen LogP contribution in [0.15, 0.2) is 0 Å². The van der Waals surface area contributed by atoms with Gasteiger partial charge in [-0.25, -0.2) is 0 Å². The average molecular weight is 155 g/mol. The van der Waals surface area contributed by atoms with Crippen LogP contribution >= 0.6 is 0 Å². The molecular weight excluding hydrogens is 140 g/mol. The van der Waals surface area contributed by atoms with Crippen LogP contribution in [0, 0.1) is 18.3 Å². The number of hydrogen-bond donors (Lipinski definition) is 2. The molecule has 0 amide bonds. The fraction of sp³-hybridized carbons (Fsp3) is 0.778. The van der Waals surface area contributed by atoms with Crippen molar-refractivity contribution in [3.8, 4) is 5.92 Å². The van der Waals surface area contributed by atoms with E-state index in [2.05, 4.69) is 5.92 Å². The highest BCUT2D eigenvalue weighted by atomic mass is 16.3. The predicted molar refractivity (Wildman–Crippen MR) is 43.2 cm³/mol. The van der Waals surface area contributed by atoms with E-state index in [4.69, 9.17) is 11.5 Å². The van der Waals surface area contributed by atoms with Gasteiger partial charge in [0.25, 0.3) is 0 Å². The first-order valence-corrected chi connectivity index (χ1v) is 3.89. The minimum Gasteiger partial charge on any atom is -0.393 e. The molecule has 2 nitrogen and oxygen atoms in total. The van der Waals surface area contributed by atoms with E-state index >= 15 is 0 Å². The van der Waals surface area contributed by atoms with Crippen molar-refractivity contribution >= 4 is 0 Å². The molecule has 63 valence electrons. The van der Waals surface area contributed by atoms with Crippen molar-refractivity contribution in [2.75, 3.05) is 0 Å². The summed E-state index contributed by atoms with van der Waals surface area (Å²) < 4.78 is 0. The Labute approximate surface area is 68.2 Å². The van der Waals surface area contributed by atoms with E-state index < -0.39 is 12.2 Å². The summed E-state index contributed by atoms with van der Waals surface area (Å²) in [4.78, 5) is 0. The minimum absolute atomic E-state index is 0.132. The van der Waals surface area contributed by atoms with Crippen molar-refractivity contribution in [1.29, 1.82) is 0 Å². The monoisotopic (exact) mass is 155 g/mol. The third-order valence-electron chi connectivity index (χ3n) is 1.90. The third kappa shape index (κ3) is 3.41. The van der Waals surface area contributed by atoms with Gasteiger partial charge in [0, 0.05) is 12.3 Å². The molecule has 0 saturated heterocycles. The van der Waals surface area contributed by atoms with Gasteiger partial charge in [0.15, 0.2) is 0 Å².